The van der Waals surface area contributed by atoms with E-state index in [-0.39, 0.29) is 18.6 Å². The predicted molar refractivity (Wildman–Crippen MR) is 70.3 cm³/mol. The molecule has 0 heterocycles. The monoisotopic (exact) mass is 251 g/mol. The van der Waals surface area contributed by atoms with Gasteiger partial charge in [-0.2, -0.15) is 0 Å². The van der Waals surface area contributed by atoms with Crippen LogP contribution in [0.25, 0.3) is 0 Å². The fraction of sp³-hybridized carbons (Fsp3) is 0.500. The highest BCUT2D eigenvalue weighted by molar-refractivity contribution is 5.80. The molecule has 1 N–H and O–H groups in total. The summed E-state index contributed by atoms with van der Waals surface area (Å²) in [5, 5.41) is 3.26. The van der Waals surface area contributed by atoms with Crippen LogP contribution in [0.1, 0.15) is 25.5 Å². The van der Waals surface area contributed by atoms with Gasteiger partial charge in [0.15, 0.2) is 0 Å². The lowest BCUT2D eigenvalue weighted by Crippen LogP contribution is -2.54. The Kier molecular flexibility index (Phi) is 5.31. The SMILES string of the molecule is COCC(C)(NC(C)c1ccccc1)C(=O)OC. The molecule has 0 radical (unpaired) electrons. The second-order valence-electron chi connectivity index (χ2n) is 4.53. The van der Waals surface area contributed by atoms with Gasteiger partial charge in [-0.3, -0.25) is 5.32 Å². The second kappa shape index (κ2) is 6.52. The molecule has 0 saturated carbocycles. The van der Waals surface area contributed by atoms with E-state index in [1.54, 1.807) is 14.0 Å². The van der Waals surface area contributed by atoms with Crippen LogP contribution >= 0.6 is 0 Å². The van der Waals surface area contributed by atoms with Gasteiger partial charge in [-0.15, -0.1) is 0 Å². The van der Waals surface area contributed by atoms with E-state index in [9.17, 15) is 4.79 Å². The number of carbonyl (C=O) groups is 1. The van der Waals surface area contributed by atoms with Crippen molar-refractivity contribution in [2.45, 2.75) is 25.4 Å². The number of rotatable bonds is 6. The maximum Gasteiger partial charge on any atom is 0.328 e. The van der Waals surface area contributed by atoms with Crippen molar-refractivity contribution >= 4 is 5.97 Å². The Morgan fingerprint density at radius 3 is 2.44 bits per heavy atom. The summed E-state index contributed by atoms with van der Waals surface area (Å²) in [4.78, 5) is 11.8. The third-order valence-electron chi connectivity index (χ3n) is 2.90. The molecule has 2 unspecified atom stereocenters. The lowest BCUT2D eigenvalue weighted by atomic mass is 10.00. The van der Waals surface area contributed by atoms with Crippen LogP contribution in [-0.2, 0) is 14.3 Å². The van der Waals surface area contributed by atoms with Gasteiger partial charge in [0.25, 0.3) is 0 Å². The Labute approximate surface area is 108 Å². The Morgan fingerprint density at radius 2 is 1.94 bits per heavy atom. The number of esters is 1. The van der Waals surface area contributed by atoms with Crippen molar-refractivity contribution in [1.82, 2.24) is 5.32 Å². The van der Waals surface area contributed by atoms with E-state index in [2.05, 4.69) is 5.32 Å². The number of carbonyl (C=O) groups excluding carboxylic acids is 1. The van der Waals surface area contributed by atoms with Gasteiger partial charge in [0.1, 0.15) is 5.54 Å². The highest BCUT2D eigenvalue weighted by Crippen LogP contribution is 2.17. The molecule has 4 nitrogen and oxygen atoms in total. The predicted octanol–water partition coefficient (Wildman–Crippen LogP) is 1.92. The van der Waals surface area contributed by atoms with Gasteiger partial charge in [-0.25, -0.2) is 4.79 Å². The number of ether oxygens (including phenoxy) is 2. The van der Waals surface area contributed by atoms with Crippen LogP contribution < -0.4 is 5.32 Å². The van der Waals surface area contributed by atoms with Crippen molar-refractivity contribution in [3.8, 4) is 0 Å². The van der Waals surface area contributed by atoms with E-state index in [1.807, 2.05) is 37.3 Å². The normalized spacial score (nSPS) is 15.8. The topological polar surface area (TPSA) is 47.6 Å². The minimum absolute atomic E-state index is 0.0328. The van der Waals surface area contributed by atoms with E-state index in [0.717, 1.165) is 5.56 Å². The third-order valence-corrected chi connectivity index (χ3v) is 2.90. The first-order chi connectivity index (χ1) is 8.53. The molecular weight excluding hydrogens is 230 g/mol. The summed E-state index contributed by atoms with van der Waals surface area (Å²) in [5.74, 6) is -0.327. The Morgan fingerprint density at radius 1 is 1.33 bits per heavy atom. The molecular formula is C14H21NO3. The maximum absolute atomic E-state index is 11.8. The second-order valence-corrected chi connectivity index (χ2v) is 4.53. The summed E-state index contributed by atoms with van der Waals surface area (Å²) >= 11 is 0. The third kappa shape index (κ3) is 3.55. The fourth-order valence-electron chi connectivity index (χ4n) is 1.98. The summed E-state index contributed by atoms with van der Waals surface area (Å²) < 4.78 is 9.93. The van der Waals surface area contributed by atoms with Gasteiger partial charge in [-0.1, -0.05) is 30.3 Å². The van der Waals surface area contributed by atoms with Crippen LogP contribution in [0.5, 0.6) is 0 Å². The van der Waals surface area contributed by atoms with E-state index >= 15 is 0 Å². The molecule has 0 spiro atoms. The van der Waals surface area contributed by atoms with Crippen LogP contribution in [0.15, 0.2) is 30.3 Å². The number of hydrogen-bond donors (Lipinski definition) is 1. The molecule has 0 saturated heterocycles. The highest BCUT2D eigenvalue weighted by Gasteiger charge is 2.35. The average molecular weight is 251 g/mol. The summed E-state index contributed by atoms with van der Waals surface area (Å²) in [6.07, 6.45) is 0. The van der Waals surface area contributed by atoms with Gasteiger partial charge in [0.2, 0.25) is 0 Å². The van der Waals surface area contributed by atoms with Crippen molar-refractivity contribution in [3.63, 3.8) is 0 Å². The minimum Gasteiger partial charge on any atom is -0.468 e. The molecule has 0 aliphatic heterocycles. The molecule has 0 aliphatic rings. The summed E-state index contributed by atoms with van der Waals surface area (Å²) in [7, 11) is 2.95. The Hall–Kier alpha value is -1.39. The van der Waals surface area contributed by atoms with Crippen LogP contribution in [-0.4, -0.2) is 32.3 Å². The lowest BCUT2D eigenvalue weighted by Gasteiger charge is -2.30. The summed E-state index contributed by atoms with van der Waals surface area (Å²) in [6.45, 7) is 4.05. The molecule has 0 aromatic heterocycles. The molecule has 1 rings (SSSR count). The molecule has 0 bridgehead atoms. The molecule has 1 aromatic carbocycles. The van der Waals surface area contributed by atoms with Crippen molar-refractivity contribution in [3.05, 3.63) is 35.9 Å². The lowest BCUT2D eigenvalue weighted by molar-refractivity contribution is -0.150. The molecule has 0 amide bonds. The van der Waals surface area contributed by atoms with Crippen LogP contribution in [0.4, 0.5) is 0 Å². The zero-order chi connectivity index (χ0) is 13.6. The summed E-state index contributed by atoms with van der Waals surface area (Å²) in [5.41, 5.74) is 0.266. The first-order valence-electron chi connectivity index (χ1n) is 5.93. The van der Waals surface area contributed by atoms with Gasteiger partial charge in [-0.05, 0) is 19.4 Å². The number of benzene rings is 1. The smallest absolute Gasteiger partial charge is 0.328 e. The number of hydrogen-bond acceptors (Lipinski definition) is 4. The van der Waals surface area contributed by atoms with Crippen molar-refractivity contribution in [1.29, 1.82) is 0 Å². The molecule has 18 heavy (non-hydrogen) atoms. The Balaban J connectivity index is 2.81. The van der Waals surface area contributed by atoms with Gasteiger partial charge >= 0.3 is 5.97 Å². The van der Waals surface area contributed by atoms with Gasteiger partial charge in [0.05, 0.1) is 13.7 Å². The van der Waals surface area contributed by atoms with E-state index in [4.69, 9.17) is 9.47 Å². The zero-order valence-corrected chi connectivity index (χ0v) is 11.4. The molecule has 0 fully saturated rings. The van der Waals surface area contributed by atoms with Crippen LogP contribution in [0, 0.1) is 0 Å². The maximum atomic E-state index is 11.8. The molecule has 4 heteroatoms. The first kappa shape index (κ1) is 14.7. The molecule has 1 aromatic rings. The molecule has 100 valence electrons. The number of nitrogens with one attached hydrogen (secondary N) is 1. The molecule has 2 atom stereocenters. The van der Waals surface area contributed by atoms with E-state index in [0.29, 0.717) is 0 Å². The van der Waals surface area contributed by atoms with Gasteiger partial charge in [0, 0.05) is 13.2 Å². The Bertz CT molecular complexity index is 380. The molecule has 0 aliphatic carbocycles. The number of methoxy groups -OCH3 is 2. The van der Waals surface area contributed by atoms with Crippen LogP contribution in [0.3, 0.4) is 0 Å². The standard InChI is InChI=1S/C14H21NO3/c1-11(12-8-6-5-7-9-12)15-14(2,10-17-3)13(16)18-4/h5-9,11,15H,10H2,1-4H3. The first-order valence-corrected chi connectivity index (χ1v) is 5.93. The van der Waals surface area contributed by atoms with E-state index < -0.39 is 5.54 Å². The highest BCUT2D eigenvalue weighted by atomic mass is 16.5. The minimum atomic E-state index is -0.848. The van der Waals surface area contributed by atoms with Crippen molar-refractivity contribution < 1.29 is 14.3 Å². The largest absolute Gasteiger partial charge is 0.468 e. The van der Waals surface area contributed by atoms with Crippen molar-refractivity contribution in [2.24, 2.45) is 0 Å². The average Bonchev–Trinajstić information content (AvgIpc) is 2.39. The fourth-order valence-corrected chi connectivity index (χ4v) is 1.98. The van der Waals surface area contributed by atoms with Crippen molar-refractivity contribution in [2.75, 3.05) is 20.8 Å². The van der Waals surface area contributed by atoms with Crippen LogP contribution in [0.2, 0.25) is 0 Å². The van der Waals surface area contributed by atoms with Gasteiger partial charge < -0.3 is 9.47 Å². The van der Waals surface area contributed by atoms with E-state index in [1.165, 1.54) is 7.11 Å². The zero-order valence-electron chi connectivity index (χ0n) is 11.4. The quantitative estimate of drug-likeness (QED) is 0.785. The summed E-state index contributed by atoms with van der Waals surface area (Å²) in [6, 6.07) is 9.97.